The molecule has 9 heteroatoms. The first kappa shape index (κ1) is 22.4. The normalized spacial score (nSPS) is 10.7. The summed E-state index contributed by atoms with van der Waals surface area (Å²) in [4.78, 5) is 34.8. The number of halogens is 1. The van der Waals surface area contributed by atoms with Crippen LogP contribution in [0, 0.1) is 21.4 Å². The summed E-state index contributed by atoms with van der Waals surface area (Å²) in [5, 5.41) is 22.7. The fourth-order valence-electron chi connectivity index (χ4n) is 2.60. The highest BCUT2D eigenvalue weighted by Crippen LogP contribution is 2.27. The van der Waals surface area contributed by atoms with E-state index in [-0.39, 0.29) is 16.9 Å². The first-order valence-corrected chi connectivity index (χ1v) is 9.91. The van der Waals surface area contributed by atoms with Crippen molar-refractivity contribution >= 4 is 45.3 Å². The number of nitrogens with zero attached hydrogens (tertiary/aromatic N) is 2. The van der Waals surface area contributed by atoms with Gasteiger partial charge in [-0.2, -0.15) is 5.26 Å². The Balaban J connectivity index is 1.70. The number of nitrogens with one attached hydrogen (secondary N) is 1. The maximum absolute atomic E-state index is 12.5. The lowest BCUT2D eigenvalue weighted by atomic mass is 10.1. The summed E-state index contributed by atoms with van der Waals surface area (Å²) in [6.45, 7) is 0. The van der Waals surface area contributed by atoms with Crippen LogP contribution in [0.5, 0.6) is 5.75 Å². The number of esters is 1. The summed E-state index contributed by atoms with van der Waals surface area (Å²) in [6.07, 6.45) is 1.37. The zero-order valence-electron chi connectivity index (χ0n) is 16.3. The van der Waals surface area contributed by atoms with Crippen LogP contribution in [0.15, 0.2) is 82.8 Å². The number of rotatable bonds is 6. The maximum Gasteiger partial charge on any atom is 0.343 e. The van der Waals surface area contributed by atoms with E-state index < -0.39 is 16.8 Å². The molecule has 0 saturated heterocycles. The predicted molar refractivity (Wildman–Crippen MR) is 121 cm³/mol. The molecule has 3 aromatic rings. The molecule has 0 saturated carbocycles. The summed E-state index contributed by atoms with van der Waals surface area (Å²) < 4.78 is 5.60. The van der Waals surface area contributed by atoms with Gasteiger partial charge in [0.2, 0.25) is 0 Å². The second-order valence-corrected chi connectivity index (χ2v) is 7.22. The van der Waals surface area contributed by atoms with Gasteiger partial charge in [0.15, 0.2) is 0 Å². The van der Waals surface area contributed by atoms with Crippen molar-refractivity contribution in [2.45, 2.75) is 0 Å². The molecule has 0 aromatic heterocycles. The Labute approximate surface area is 191 Å². The average Bonchev–Trinajstić information content (AvgIpc) is 2.80. The molecular weight excluding hydrogens is 478 g/mol. The molecule has 0 atom stereocenters. The number of carbonyl (C=O) groups is 2. The molecule has 0 aliphatic rings. The van der Waals surface area contributed by atoms with Crippen molar-refractivity contribution in [3.63, 3.8) is 0 Å². The zero-order chi connectivity index (χ0) is 23.1. The predicted octanol–water partition coefficient (Wildman–Crippen LogP) is 5.12. The van der Waals surface area contributed by atoms with Gasteiger partial charge in [-0.25, -0.2) is 4.79 Å². The van der Waals surface area contributed by atoms with Crippen LogP contribution in [0.25, 0.3) is 6.08 Å². The maximum atomic E-state index is 12.5. The van der Waals surface area contributed by atoms with Crippen LogP contribution >= 0.6 is 15.9 Å². The smallest absolute Gasteiger partial charge is 0.343 e. The highest BCUT2D eigenvalue weighted by molar-refractivity contribution is 9.10. The standard InChI is InChI=1S/C23H14BrN3O5/c24-20-13-18(27(30)31)8-11-21(20)26-22(28)17(14-25)12-15-6-9-19(10-7-15)32-23(29)16-4-2-1-3-5-16/h1-13H,(H,26,28). The molecule has 0 radical (unpaired) electrons. The Hall–Kier alpha value is -4.29. The molecule has 1 N–H and O–H groups in total. The third-order valence-electron chi connectivity index (χ3n) is 4.19. The second kappa shape index (κ2) is 10.1. The molecule has 3 aromatic carbocycles. The fourth-order valence-corrected chi connectivity index (χ4v) is 3.06. The molecule has 0 heterocycles. The number of nitro groups is 1. The van der Waals surface area contributed by atoms with Gasteiger partial charge in [0, 0.05) is 16.6 Å². The van der Waals surface area contributed by atoms with Crippen molar-refractivity contribution in [2.24, 2.45) is 0 Å². The van der Waals surface area contributed by atoms with E-state index in [1.807, 2.05) is 6.07 Å². The number of benzene rings is 3. The number of ether oxygens (including phenoxy) is 1. The van der Waals surface area contributed by atoms with Gasteiger partial charge >= 0.3 is 5.97 Å². The summed E-state index contributed by atoms with van der Waals surface area (Å²) >= 11 is 3.16. The molecule has 0 spiro atoms. The van der Waals surface area contributed by atoms with Crippen molar-refractivity contribution in [1.82, 2.24) is 0 Å². The van der Waals surface area contributed by atoms with Crippen LogP contribution in [-0.2, 0) is 4.79 Å². The number of amides is 1. The minimum absolute atomic E-state index is 0.140. The third kappa shape index (κ3) is 5.65. The molecular formula is C23H14BrN3O5. The summed E-state index contributed by atoms with van der Waals surface area (Å²) in [6, 6.07) is 20.5. The van der Waals surface area contributed by atoms with E-state index in [4.69, 9.17) is 4.74 Å². The van der Waals surface area contributed by atoms with Crippen LogP contribution in [0.4, 0.5) is 11.4 Å². The lowest BCUT2D eigenvalue weighted by Crippen LogP contribution is -2.14. The van der Waals surface area contributed by atoms with E-state index in [9.17, 15) is 25.0 Å². The number of non-ortho nitro benzene ring substituents is 1. The summed E-state index contributed by atoms with van der Waals surface area (Å²) in [5.74, 6) is -0.866. The van der Waals surface area contributed by atoms with Gasteiger partial charge in [0.05, 0.1) is 16.2 Å². The molecule has 32 heavy (non-hydrogen) atoms. The molecule has 3 rings (SSSR count). The Bertz CT molecular complexity index is 1250. The van der Waals surface area contributed by atoms with Crippen molar-refractivity contribution in [1.29, 1.82) is 5.26 Å². The molecule has 158 valence electrons. The monoisotopic (exact) mass is 491 g/mol. The molecule has 0 aliphatic heterocycles. The van der Waals surface area contributed by atoms with Gasteiger partial charge in [-0.05, 0) is 57.9 Å². The number of anilines is 1. The van der Waals surface area contributed by atoms with E-state index >= 15 is 0 Å². The van der Waals surface area contributed by atoms with Gasteiger partial charge in [-0.3, -0.25) is 14.9 Å². The summed E-state index contributed by atoms with van der Waals surface area (Å²) in [5.41, 5.74) is 0.921. The van der Waals surface area contributed by atoms with Gasteiger partial charge in [-0.1, -0.05) is 30.3 Å². The fraction of sp³-hybridized carbons (Fsp3) is 0. The molecule has 0 fully saturated rings. The highest BCUT2D eigenvalue weighted by Gasteiger charge is 2.14. The van der Waals surface area contributed by atoms with E-state index in [2.05, 4.69) is 21.2 Å². The Kier molecular flexibility index (Phi) is 7.10. The molecule has 8 nitrogen and oxygen atoms in total. The first-order chi connectivity index (χ1) is 15.4. The van der Waals surface area contributed by atoms with Gasteiger partial charge in [0.25, 0.3) is 11.6 Å². The Morgan fingerprint density at radius 3 is 2.34 bits per heavy atom. The van der Waals surface area contributed by atoms with Crippen LogP contribution in [0.2, 0.25) is 0 Å². The van der Waals surface area contributed by atoms with E-state index in [1.54, 1.807) is 54.6 Å². The lowest BCUT2D eigenvalue weighted by molar-refractivity contribution is -0.384. The first-order valence-electron chi connectivity index (χ1n) is 9.12. The van der Waals surface area contributed by atoms with Crippen LogP contribution in [0.1, 0.15) is 15.9 Å². The van der Waals surface area contributed by atoms with Crippen molar-refractivity contribution < 1.29 is 19.2 Å². The number of nitriles is 1. The lowest BCUT2D eigenvalue weighted by Gasteiger charge is -2.07. The van der Waals surface area contributed by atoms with Crippen molar-refractivity contribution in [3.05, 3.63) is 104 Å². The molecule has 0 bridgehead atoms. The number of hydrogen-bond donors (Lipinski definition) is 1. The quantitative estimate of drug-likeness (QED) is 0.127. The second-order valence-electron chi connectivity index (χ2n) is 6.37. The number of hydrogen-bond acceptors (Lipinski definition) is 6. The van der Waals surface area contributed by atoms with Gasteiger partial charge < -0.3 is 10.1 Å². The minimum Gasteiger partial charge on any atom is -0.423 e. The van der Waals surface area contributed by atoms with Gasteiger partial charge in [-0.15, -0.1) is 0 Å². The van der Waals surface area contributed by atoms with Crippen LogP contribution in [-0.4, -0.2) is 16.8 Å². The van der Waals surface area contributed by atoms with Crippen molar-refractivity contribution in [3.8, 4) is 11.8 Å². The highest BCUT2D eigenvalue weighted by atomic mass is 79.9. The van der Waals surface area contributed by atoms with E-state index in [0.717, 1.165) is 0 Å². The topological polar surface area (TPSA) is 122 Å². The molecule has 0 unspecified atom stereocenters. The minimum atomic E-state index is -0.679. The summed E-state index contributed by atoms with van der Waals surface area (Å²) in [7, 11) is 0. The number of nitro benzene ring substituents is 1. The Morgan fingerprint density at radius 1 is 1.06 bits per heavy atom. The van der Waals surface area contributed by atoms with Gasteiger partial charge in [0.1, 0.15) is 17.4 Å². The van der Waals surface area contributed by atoms with Crippen molar-refractivity contribution in [2.75, 3.05) is 5.32 Å². The van der Waals surface area contributed by atoms with Crippen LogP contribution < -0.4 is 10.1 Å². The largest absolute Gasteiger partial charge is 0.423 e. The SMILES string of the molecule is N#CC(=Cc1ccc(OC(=O)c2ccccc2)cc1)C(=O)Nc1ccc([N+](=O)[O-])cc1Br. The third-order valence-corrected chi connectivity index (χ3v) is 4.84. The van der Waals surface area contributed by atoms with Crippen LogP contribution in [0.3, 0.4) is 0 Å². The van der Waals surface area contributed by atoms with E-state index in [0.29, 0.717) is 21.3 Å². The molecule has 1 amide bonds. The Morgan fingerprint density at radius 2 is 1.75 bits per heavy atom. The van der Waals surface area contributed by atoms with E-state index in [1.165, 1.54) is 24.3 Å². The zero-order valence-corrected chi connectivity index (χ0v) is 17.9. The molecule has 0 aliphatic carbocycles. The number of carbonyl (C=O) groups excluding carboxylic acids is 2. The average molecular weight is 492 g/mol.